The van der Waals surface area contributed by atoms with Gasteiger partial charge in [0.05, 0.1) is 26.2 Å². The van der Waals surface area contributed by atoms with Gasteiger partial charge in [-0.2, -0.15) is 0 Å². The van der Waals surface area contributed by atoms with Gasteiger partial charge in [0.2, 0.25) is 0 Å². The van der Waals surface area contributed by atoms with Crippen LogP contribution < -0.4 is 17.0 Å². The number of nitrogens with zero attached hydrogens (tertiary/aromatic N) is 1. The van der Waals surface area contributed by atoms with Crippen molar-refractivity contribution in [3.8, 4) is 0 Å². The number of quaternary nitrogens is 1. The minimum atomic E-state index is 0. The van der Waals surface area contributed by atoms with Gasteiger partial charge in [0, 0.05) is 17.9 Å². The quantitative estimate of drug-likeness (QED) is 0.531. The maximum Gasteiger partial charge on any atom is 0.315 e. The lowest BCUT2D eigenvalue weighted by molar-refractivity contribution is -0.923. The van der Waals surface area contributed by atoms with Crippen molar-refractivity contribution in [3.63, 3.8) is 0 Å². The summed E-state index contributed by atoms with van der Waals surface area (Å²) < 4.78 is 6.31. The fourth-order valence-corrected chi connectivity index (χ4v) is 3.88. The SMILES string of the molecule is CCOC(=O)C1C[N+]2(Cc3ccccc3)CCC1C2.[Br-]. The highest BCUT2D eigenvalue weighted by molar-refractivity contribution is 5.73. The average Bonchev–Trinajstić information content (AvgIpc) is 2.97. The first-order chi connectivity index (χ1) is 9.22. The predicted octanol–water partition coefficient (Wildman–Crippen LogP) is -0.780. The van der Waals surface area contributed by atoms with Gasteiger partial charge in [-0.3, -0.25) is 4.79 Å². The summed E-state index contributed by atoms with van der Waals surface area (Å²) in [7, 11) is 0. The lowest BCUT2D eigenvalue weighted by Crippen LogP contribution is -3.00. The minimum Gasteiger partial charge on any atom is -1.00 e. The molecule has 0 spiro atoms. The molecule has 20 heavy (non-hydrogen) atoms. The van der Waals surface area contributed by atoms with Gasteiger partial charge in [-0.25, -0.2) is 0 Å². The molecule has 1 aromatic carbocycles. The molecule has 4 heteroatoms. The fourth-order valence-electron chi connectivity index (χ4n) is 3.88. The topological polar surface area (TPSA) is 26.3 Å². The Morgan fingerprint density at radius 1 is 1.30 bits per heavy atom. The highest BCUT2D eigenvalue weighted by atomic mass is 79.9. The highest BCUT2D eigenvalue weighted by Crippen LogP contribution is 2.41. The average molecular weight is 340 g/mol. The standard InChI is InChI=1S/C16H22NO2.BrH/c1-2-19-16(18)15-12-17(9-8-14(15)11-17)10-13-6-4-3-5-7-13;/h3-7,14-15H,2,8-12H2,1H3;1H/q+1;/p-1. The van der Waals surface area contributed by atoms with E-state index in [-0.39, 0.29) is 28.9 Å². The largest absolute Gasteiger partial charge is 1.00 e. The van der Waals surface area contributed by atoms with Gasteiger partial charge in [-0.05, 0) is 6.92 Å². The van der Waals surface area contributed by atoms with E-state index in [0.717, 1.165) is 24.1 Å². The van der Waals surface area contributed by atoms with Gasteiger partial charge in [0.15, 0.2) is 0 Å². The lowest BCUT2D eigenvalue weighted by Gasteiger charge is -2.33. The number of carbonyl (C=O) groups excluding carboxylic acids is 1. The Kier molecular flexibility index (Phi) is 4.86. The molecule has 3 unspecified atom stereocenters. The molecule has 3 rings (SSSR count). The maximum atomic E-state index is 12.0. The molecule has 2 aliphatic rings. The molecule has 2 bridgehead atoms. The Hall–Kier alpha value is -0.870. The summed E-state index contributed by atoms with van der Waals surface area (Å²) in [6, 6.07) is 10.6. The molecule has 0 N–H and O–H groups in total. The minimum absolute atomic E-state index is 0. The number of carbonyl (C=O) groups is 1. The monoisotopic (exact) mass is 339 g/mol. The maximum absolute atomic E-state index is 12.0. The number of benzene rings is 1. The number of rotatable bonds is 4. The molecule has 3 nitrogen and oxygen atoms in total. The first-order valence-electron chi connectivity index (χ1n) is 7.28. The van der Waals surface area contributed by atoms with Crippen LogP contribution >= 0.6 is 0 Å². The second-order valence-electron chi connectivity index (χ2n) is 5.98. The summed E-state index contributed by atoms with van der Waals surface area (Å²) in [5.74, 6) is 0.709. The third-order valence-electron chi connectivity index (χ3n) is 4.70. The van der Waals surface area contributed by atoms with E-state index in [0.29, 0.717) is 12.5 Å². The van der Waals surface area contributed by atoms with E-state index in [2.05, 4.69) is 30.3 Å². The molecular weight excluding hydrogens is 318 g/mol. The zero-order valence-electron chi connectivity index (χ0n) is 11.9. The number of ether oxygens (including phenoxy) is 1. The van der Waals surface area contributed by atoms with E-state index in [1.165, 1.54) is 18.5 Å². The Morgan fingerprint density at radius 3 is 2.75 bits per heavy atom. The molecule has 2 aliphatic heterocycles. The van der Waals surface area contributed by atoms with Crippen LogP contribution in [0.5, 0.6) is 0 Å². The Balaban J connectivity index is 0.00000147. The molecule has 2 heterocycles. The van der Waals surface area contributed by atoms with Crippen molar-refractivity contribution in [1.29, 1.82) is 0 Å². The van der Waals surface area contributed by atoms with E-state index >= 15 is 0 Å². The summed E-state index contributed by atoms with van der Waals surface area (Å²) in [6.07, 6.45) is 1.18. The third-order valence-corrected chi connectivity index (χ3v) is 4.70. The molecule has 3 atom stereocenters. The third kappa shape index (κ3) is 2.91. The van der Waals surface area contributed by atoms with Crippen molar-refractivity contribution < 1.29 is 31.0 Å². The van der Waals surface area contributed by atoms with Crippen molar-refractivity contribution in [2.45, 2.75) is 19.9 Å². The number of hydrogen-bond donors (Lipinski definition) is 0. The number of esters is 1. The molecule has 1 aromatic rings. The number of fused-ring (bicyclic) bond motifs is 2. The van der Waals surface area contributed by atoms with Crippen LogP contribution in [0.1, 0.15) is 18.9 Å². The van der Waals surface area contributed by atoms with Crippen LogP contribution in [0, 0.1) is 11.8 Å². The van der Waals surface area contributed by atoms with Crippen LogP contribution in [0.25, 0.3) is 0 Å². The summed E-state index contributed by atoms with van der Waals surface area (Å²) in [5.41, 5.74) is 1.38. The van der Waals surface area contributed by atoms with Crippen molar-refractivity contribution in [2.24, 2.45) is 11.8 Å². The normalized spacial score (nSPS) is 30.9. The van der Waals surface area contributed by atoms with Crippen LogP contribution in [0.4, 0.5) is 0 Å². The van der Waals surface area contributed by atoms with Crippen LogP contribution in [0.15, 0.2) is 30.3 Å². The van der Waals surface area contributed by atoms with Crippen molar-refractivity contribution in [2.75, 3.05) is 26.2 Å². The first kappa shape index (κ1) is 15.5. The summed E-state index contributed by atoms with van der Waals surface area (Å²) in [4.78, 5) is 12.0. The molecule has 110 valence electrons. The summed E-state index contributed by atoms with van der Waals surface area (Å²) in [5, 5.41) is 0. The summed E-state index contributed by atoms with van der Waals surface area (Å²) >= 11 is 0. The zero-order chi connectivity index (χ0) is 13.3. The molecule has 2 saturated heterocycles. The van der Waals surface area contributed by atoms with Crippen LogP contribution in [0.2, 0.25) is 0 Å². The second kappa shape index (κ2) is 6.27. The van der Waals surface area contributed by atoms with Crippen LogP contribution in [-0.2, 0) is 16.1 Å². The molecule has 2 fully saturated rings. The van der Waals surface area contributed by atoms with Crippen molar-refractivity contribution in [3.05, 3.63) is 35.9 Å². The van der Waals surface area contributed by atoms with Crippen LogP contribution in [0.3, 0.4) is 0 Å². The van der Waals surface area contributed by atoms with E-state index in [1.54, 1.807) is 0 Å². The zero-order valence-corrected chi connectivity index (χ0v) is 13.5. The van der Waals surface area contributed by atoms with Crippen molar-refractivity contribution >= 4 is 5.97 Å². The van der Waals surface area contributed by atoms with Gasteiger partial charge < -0.3 is 26.2 Å². The number of piperidine rings is 1. The fraction of sp³-hybridized carbons (Fsp3) is 0.562. The predicted molar refractivity (Wildman–Crippen MR) is 73.2 cm³/mol. The molecule has 0 amide bonds. The van der Waals surface area contributed by atoms with Crippen LogP contribution in [-0.4, -0.2) is 36.7 Å². The van der Waals surface area contributed by atoms with Crippen molar-refractivity contribution in [1.82, 2.24) is 0 Å². The Bertz CT molecular complexity index is 465. The smallest absolute Gasteiger partial charge is 0.315 e. The Morgan fingerprint density at radius 2 is 2.05 bits per heavy atom. The van der Waals surface area contributed by atoms with Gasteiger partial charge in [-0.1, -0.05) is 30.3 Å². The first-order valence-corrected chi connectivity index (χ1v) is 7.28. The number of hydrogen-bond acceptors (Lipinski definition) is 2. The van der Waals surface area contributed by atoms with E-state index < -0.39 is 0 Å². The van der Waals surface area contributed by atoms with Gasteiger partial charge in [-0.15, -0.1) is 0 Å². The van der Waals surface area contributed by atoms with Gasteiger partial charge >= 0.3 is 5.97 Å². The van der Waals surface area contributed by atoms with Gasteiger partial charge in [0.1, 0.15) is 12.5 Å². The Labute approximate surface area is 131 Å². The molecule has 0 aromatic heterocycles. The highest BCUT2D eigenvalue weighted by Gasteiger charge is 2.54. The van der Waals surface area contributed by atoms with E-state index in [4.69, 9.17) is 4.74 Å². The lowest BCUT2D eigenvalue weighted by atomic mass is 9.92. The number of halogens is 1. The van der Waals surface area contributed by atoms with E-state index in [1.807, 2.05) is 6.92 Å². The van der Waals surface area contributed by atoms with Gasteiger partial charge in [0.25, 0.3) is 0 Å². The van der Waals surface area contributed by atoms with E-state index in [9.17, 15) is 4.79 Å². The summed E-state index contributed by atoms with van der Waals surface area (Å²) in [6.45, 7) is 6.79. The second-order valence-corrected chi connectivity index (χ2v) is 5.98. The molecular formula is C16H22BrNO2. The molecule has 0 radical (unpaired) electrons. The molecule has 0 saturated carbocycles. The molecule has 0 aliphatic carbocycles.